The van der Waals surface area contributed by atoms with Crippen LogP contribution in [0.1, 0.15) is 38.5 Å². The molecular weight excluding hydrogens is 299 g/mol. The molecule has 0 heterocycles. The average molecular weight is 317 g/mol. The van der Waals surface area contributed by atoms with Crippen molar-refractivity contribution in [2.75, 3.05) is 5.32 Å². The molecule has 1 saturated carbocycles. The molecule has 1 aromatic carbocycles. The standard InChI is InChI=1S/C14H18Cl2N2S/c15-10-7-11(16)9-13(8-10)18-14(19)17-12-5-3-1-2-4-6-12/h7-9,12H,1-6H2,(H2,17,18,19). The zero-order valence-corrected chi connectivity index (χ0v) is 13.0. The van der Waals surface area contributed by atoms with E-state index in [0.717, 1.165) is 5.69 Å². The lowest BCUT2D eigenvalue weighted by Gasteiger charge is -2.19. The Morgan fingerprint density at radius 1 is 1.00 bits per heavy atom. The fourth-order valence-electron chi connectivity index (χ4n) is 2.40. The number of nitrogens with one attached hydrogen (secondary N) is 2. The highest BCUT2D eigenvalue weighted by Crippen LogP contribution is 2.22. The number of halogens is 2. The van der Waals surface area contributed by atoms with E-state index in [2.05, 4.69) is 10.6 Å². The summed E-state index contributed by atoms with van der Waals surface area (Å²) in [5, 5.41) is 8.37. The van der Waals surface area contributed by atoms with Crippen LogP contribution in [-0.4, -0.2) is 11.2 Å². The summed E-state index contributed by atoms with van der Waals surface area (Å²) < 4.78 is 0. The minimum absolute atomic E-state index is 0.483. The second-order valence-electron chi connectivity index (χ2n) is 4.95. The van der Waals surface area contributed by atoms with Gasteiger partial charge in [0.15, 0.2) is 5.11 Å². The molecule has 0 spiro atoms. The van der Waals surface area contributed by atoms with E-state index in [0.29, 0.717) is 21.2 Å². The topological polar surface area (TPSA) is 24.1 Å². The maximum atomic E-state index is 5.96. The first-order valence-electron chi connectivity index (χ1n) is 6.67. The molecule has 2 N–H and O–H groups in total. The van der Waals surface area contributed by atoms with Crippen molar-refractivity contribution in [1.29, 1.82) is 0 Å². The van der Waals surface area contributed by atoms with E-state index in [1.54, 1.807) is 6.07 Å². The van der Waals surface area contributed by atoms with E-state index in [-0.39, 0.29) is 0 Å². The summed E-state index contributed by atoms with van der Waals surface area (Å²) in [6.07, 6.45) is 7.62. The van der Waals surface area contributed by atoms with Gasteiger partial charge in [-0.05, 0) is 43.3 Å². The second kappa shape index (κ2) is 7.32. The molecule has 1 aliphatic rings. The molecule has 0 aromatic heterocycles. The van der Waals surface area contributed by atoms with Crippen molar-refractivity contribution in [1.82, 2.24) is 5.32 Å². The predicted octanol–water partition coefficient (Wildman–Crippen LogP) is 5.00. The van der Waals surface area contributed by atoms with Crippen LogP contribution < -0.4 is 10.6 Å². The normalized spacial score (nSPS) is 16.7. The van der Waals surface area contributed by atoms with Gasteiger partial charge in [-0.3, -0.25) is 0 Å². The van der Waals surface area contributed by atoms with Crippen LogP contribution in [0.2, 0.25) is 10.0 Å². The van der Waals surface area contributed by atoms with Crippen molar-refractivity contribution in [3.8, 4) is 0 Å². The lowest BCUT2D eigenvalue weighted by molar-refractivity contribution is 0.535. The molecule has 0 atom stereocenters. The highest BCUT2D eigenvalue weighted by Gasteiger charge is 2.13. The van der Waals surface area contributed by atoms with Crippen molar-refractivity contribution in [2.24, 2.45) is 0 Å². The average Bonchev–Trinajstić information content (AvgIpc) is 2.55. The van der Waals surface area contributed by atoms with Gasteiger partial charge in [0, 0.05) is 21.8 Å². The molecule has 2 rings (SSSR count). The molecule has 0 radical (unpaired) electrons. The van der Waals surface area contributed by atoms with Gasteiger partial charge in [0.05, 0.1) is 0 Å². The second-order valence-corrected chi connectivity index (χ2v) is 6.23. The molecule has 5 heteroatoms. The van der Waals surface area contributed by atoms with Crippen LogP contribution in [-0.2, 0) is 0 Å². The van der Waals surface area contributed by atoms with E-state index in [1.165, 1.54) is 38.5 Å². The van der Waals surface area contributed by atoms with Crippen molar-refractivity contribution < 1.29 is 0 Å². The fraction of sp³-hybridized carbons (Fsp3) is 0.500. The van der Waals surface area contributed by atoms with Crippen LogP contribution in [0.4, 0.5) is 5.69 Å². The Labute approximate surface area is 129 Å². The zero-order valence-electron chi connectivity index (χ0n) is 10.7. The molecule has 0 bridgehead atoms. The number of hydrogen-bond donors (Lipinski definition) is 2. The molecule has 0 saturated heterocycles. The van der Waals surface area contributed by atoms with Gasteiger partial charge >= 0.3 is 0 Å². The minimum Gasteiger partial charge on any atom is -0.360 e. The Balaban J connectivity index is 1.89. The first-order chi connectivity index (χ1) is 9.13. The quantitative estimate of drug-likeness (QED) is 0.593. The lowest BCUT2D eigenvalue weighted by atomic mass is 10.1. The molecule has 104 valence electrons. The molecule has 1 aliphatic carbocycles. The third-order valence-corrected chi connectivity index (χ3v) is 3.97. The first-order valence-corrected chi connectivity index (χ1v) is 7.83. The van der Waals surface area contributed by atoms with Gasteiger partial charge in [0.1, 0.15) is 0 Å². The van der Waals surface area contributed by atoms with Crippen LogP contribution in [0, 0.1) is 0 Å². The van der Waals surface area contributed by atoms with Crippen molar-refractivity contribution >= 4 is 46.2 Å². The third kappa shape index (κ3) is 5.17. The molecule has 0 aliphatic heterocycles. The highest BCUT2D eigenvalue weighted by molar-refractivity contribution is 7.80. The molecule has 1 aromatic rings. The summed E-state index contributed by atoms with van der Waals surface area (Å²) in [6, 6.07) is 5.82. The summed E-state index contributed by atoms with van der Waals surface area (Å²) >= 11 is 17.3. The number of rotatable bonds is 2. The largest absolute Gasteiger partial charge is 0.360 e. The Morgan fingerprint density at radius 2 is 1.58 bits per heavy atom. The van der Waals surface area contributed by atoms with Gasteiger partial charge in [-0.15, -0.1) is 0 Å². The molecule has 0 unspecified atom stereocenters. The smallest absolute Gasteiger partial charge is 0.170 e. The maximum absolute atomic E-state index is 5.96. The summed E-state index contributed by atoms with van der Waals surface area (Å²) in [5.74, 6) is 0. The van der Waals surface area contributed by atoms with Crippen LogP contribution in [0.15, 0.2) is 18.2 Å². The van der Waals surface area contributed by atoms with Crippen LogP contribution >= 0.6 is 35.4 Å². The molecule has 1 fully saturated rings. The summed E-state index contributed by atoms with van der Waals surface area (Å²) in [5.41, 5.74) is 0.823. The SMILES string of the molecule is S=C(Nc1cc(Cl)cc(Cl)c1)NC1CCCCCC1. The number of anilines is 1. The van der Waals surface area contributed by atoms with Gasteiger partial charge in [-0.25, -0.2) is 0 Å². The van der Waals surface area contributed by atoms with E-state index >= 15 is 0 Å². The fourth-order valence-corrected chi connectivity index (χ4v) is 3.21. The third-order valence-electron chi connectivity index (χ3n) is 3.31. The van der Waals surface area contributed by atoms with Crippen LogP contribution in [0.5, 0.6) is 0 Å². The summed E-state index contributed by atoms with van der Waals surface area (Å²) in [7, 11) is 0. The molecule has 0 amide bonds. The Hall–Kier alpha value is -0.510. The Bertz CT molecular complexity index is 423. The van der Waals surface area contributed by atoms with E-state index in [9.17, 15) is 0 Å². The van der Waals surface area contributed by atoms with Crippen molar-refractivity contribution in [2.45, 2.75) is 44.6 Å². The maximum Gasteiger partial charge on any atom is 0.170 e. The molecule has 2 nitrogen and oxygen atoms in total. The van der Waals surface area contributed by atoms with Crippen molar-refractivity contribution in [3.05, 3.63) is 28.2 Å². The zero-order chi connectivity index (χ0) is 13.7. The Morgan fingerprint density at radius 3 is 2.16 bits per heavy atom. The van der Waals surface area contributed by atoms with Gasteiger partial charge < -0.3 is 10.6 Å². The number of hydrogen-bond acceptors (Lipinski definition) is 1. The van der Waals surface area contributed by atoms with Crippen LogP contribution in [0.25, 0.3) is 0 Å². The predicted molar refractivity (Wildman–Crippen MR) is 87.3 cm³/mol. The summed E-state index contributed by atoms with van der Waals surface area (Å²) in [4.78, 5) is 0. The van der Waals surface area contributed by atoms with Gasteiger partial charge in [0.25, 0.3) is 0 Å². The van der Waals surface area contributed by atoms with Gasteiger partial charge in [0.2, 0.25) is 0 Å². The van der Waals surface area contributed by atoms with Gasteiger partial charge in [-0.2, -0.15) is 0 Å². The van der Waals surface area contributed by atoms with E-state index in [1.807, 2.05) is 12.1 Å². The minimum atomic E-state index is 0.483. The van der Waals surface area contributed by atoms with Crippen molar-refractivity contribution in [3.63, 3.8) is 0 Å². The lowest BCUT2D eigenvalue weighted by Crippen LogP contribution is -2.37. The van der Waals surface area contributed by atoms with E-state index in [4.69, 9.17) is 35.4 Å². The van der Waals surface area contributed by atoms with Crippen LogP contribution in [0.3, 0.4) is 0 Å². The first kappa shape index (κ1) is 14.9. The Kier molecular flexibility index (Phi) is 5.74. The number of benzene rings is 1. The number of thiocarbonyl (C=S) groups is 1. The molecule has 19 heavy (non-hydrogen) atoms. The highest BCUT2D eigenvalue weighted by atomic mass is 35.5. The monoisotopic (exact) mass is 316 g/mol. The van der Waals surface area contributed by atoms with Gasteiger partial charge in [-0.1, -0.05) is 48.9 Å². The summed E-state index contributed by atoms with van der Waals surface area (Å²) in [6.45, 7) is 0. The molecular formula is C14H18Cl2N2S. The van der Waals surface area contributed by atoms with E-state index < -0.39 is 0 Å².